The van der Waals surface area contributed by atoms with Gasteiger partial charge in [-0.05, 0) is 37.0 Å². The molecule has 0 bridgehead atoms. The summed E-state index contributed by atoms with van der Waals surface area (Å²) in [6.07, 6.45) is 2.23. The lowest BCUT2D eigenvalue weighted by molar-refractivity contribution is -0.138. The number of hydrogen-bond acceptors (Lipinski definition) is 3. The highest BCUT2D eigenvalue weighted by Crippen LogP contribution is 2.29. The quantitative estimate of drug-likeness (QED) is 0.808. The van der Waals surface area contributed by atoms with E-state index in [1.54, 1.807) is 29.2 Å². The van der Waals surface area contributed by atoms with E-state index in [-0.39, 0.29) is 19.0 Å². The number of hydrogen-bond donors (Lipinski definition) is 2. The molecule has 1 aliphatic rings. The predicted octanol–water partition coefficient (Wildman–Crippen LogP) is 2.08. The topological polar surface area (TPSA) is 69.6 Å². The van der Waals surface area contributed by atoms with E-state index in [1.165, 1.54) is 0 Å². The molecule has 0 aliphatic heterocycles. The van der Waals surface area contributed by atoms with E-state index in [0.717, 1.165) is 12.8 Å². The van der Waals surface area contributed by atoms with E-state index in [0.29, 0.717) is 23.2 Å². The van der Waals surface area contributed by atoms with Crippen LogP contribution in [0, 0.1) is 5.92 Å². The van der Waals surface area contributed by atoms with Gasteiger partial charge in [0.25, 0.3) is 0 Å². The molecule has 2 N–H and O–H groups in total. The van der Waals surface area contributed by atoms with Crippen molar-refractivity contribution in [3.8, 4) is 0 Å². The Morgan fingerprint density at radius 1 is 1.35 bits per heavy atom. The average Bonchev–Trinajstić information content (AvgIpc) is 3.11. The van der Waals surface area contributed by atoms with Gasteiger partial charge in [0.05, 0.1) is 13.1 Å². The monoisotopic (exact) mass is 296 g/mol. The zero-order chi connectivity index (χ0) is 14.5. The third kappa shape index (κ3) is 5.19. The van der Waals surface area contributed by atoms with Gasteiger partial charge < -0.3 is 10.4 Å². The second-order valence-electron chi connectivity index (χ2n) is 5.07. The maximum Gasteiger partial charge on any atom is 0.317 e. The Morgan fingerprint density at radius 3 is 2.70 bits per heavy atom. The molecule has 0 atom stereocenters. The van der Waals surface area contributed by atoms with Crippen LogP contribution in [0.15, 0.2) is 24.3 Å². The van der Waals surface area contributed by atoms with Crippen LogP contribution in [0.3, 0.4) is 0 Å². The molecule has 6 heteroatoms. The average molecular weight is 297 g/mol. The summed E-state index contributed by atoms with van der Waals surface area (Å²) in [5.74, 6) is -0.608. The SMILES string of the molecule is O=C(O)CN(CC(=O)Nc1cccc(Cl)c1)CC1CC1. The van der Waals surface area contributed by atoms with Crippen molar-refractivity contribution < 1.29 is 14.7 Å². The Balaban J connectivity index is 1.88. The summed E-state index contributed by atoms with van der Waals surface area (Å²) in [5.41, 5.74) is 0.615. The number of benzene rings is 1. The zero-order valence-electron chi connectivity index (χ0n) is 11.0. The van der Waals surface area contributed by atoms with Crippen LogP contribution < -0.4 is 5.32 Å². The summed E-state index contributed by atoms with van der Waals surface area (Å²) < 4.78 is 0. The zero-order valence-corrected chi connectivity index (χ0v) is 11.8. The smallest absolute Gasteiger partial charge is 0.317 e. The van der Waals surface area contributed by atoms with Crippen molar-refractivity contribution in [1.82, 2.24) is 4.90 Å². The first kappa shape index (κ1) is 14.8. The molecule has 1 aromatic rings. The number of nitrogens with one attached hydrogen (secondary N) is 1. The molecular weight excluding hydrogens is 280 g/mol. The molecule has 1 amide bonds. The Kier molecular flexibility index (Phi) is 4.98. The van der Waals surface area contributed by atoms with Gasteiger partial charge in [-0.1, -0.05) is 17.7 Å². The van der Waals surface area contributed by atoms with Crippen LogP contribution in [-0.4, -0.2) is 41.5 Å². The van der Waals surface area contributed by atoms with E-state index in [1.807, 2.05) is 0 Å². The van der Waals surface area contributed by atoms with E-state index >= 15 is 0 Å². The summed E-state index contributed by atoms with van der Waals surface area (Å²) in [5, 5.41) is 12.1. The van der Waals surface area contributed by atoms with Crippen molar-refractivity contribution >= 4 is 29.2 Å². The molecule has 5 nitrogen and oxygen atoms in total. The van der Waals surface area contributed by atoms with Gasteiger partial charge in [0.15, 0.2) is 0 Å². The number of aliphatic carboxylic acids is 1. The molecule has 0 aromatic heterocycles. The molecular formula is C14H17ClN2O3. The summed E-state index contributed by atoms with van der Waals surface area (Å²) in [6.45, 7) is 0.629. The highest BCUT2D eigenvalue weighted by Gasteiger charge is 2.26. The van der Waals surface area contributed by atoms with Crippen molar-refractivity contribution in [3.05, 3.63) is 29.3 Å². The van der Waals surface area contributed by atoms with Crippen molar-refractivity contribution in [2.24, 2.45) is 5.92 Å². The van der Waals surface area contributed by atoms with Gasteiger partial charge in [0.1, 0.15) is 0 Å². The Bertz CT molecular complexity index is 503. The molecule has 20 heavy (non-hydrogen) atoms. The number of rotatable bonds is 7. The summed E-state index contributed by atoms with van der Waals surface area (Å²) in [4.78, 5) is 24.4. The van der Waals surface area contributed by atoms with Crippen LogP contribution in [0.1, 0.15) is 12.8 Å². The van der Waals surface area contributed by atoms with Gasteiger partial charge in [0, 0.05) is 17.3 Å². The Labute approximate surface area is 122 Å². The van der Waals surface area contributed by atoms with Crippen LogP contribution in [0.4, 0.5) is 5.69 Å². The largest absolute Gasteiger partial charge is 0.480 e. The lowest BCUT2D eigenvalue weighted by Gasteiger charge is -2.19. The molecule has 0 heterocycles. The van der Waals surface area contributed by atoms with Gasteiger partial charge in [-0.2, -0.15) is 0 Å². The van der Waals surface area contributed by atoms with Gasteiger partial charge in [-0.25, -0.2) is 0 Å². The van der Waals surface area contributed by atoms with Gasteiger partial charge in [-0.15, -0.1) is 0 Å². The molecule has 1 aromatic carbocycles. The lowest BCUT2D eigenvalue weighted by atomic mass is 10.3. The van der Waals surface area contributed by atoms with Crippen LogP contribution in [0.2, 0.25) is 5.02 Å². The Morgan fingerprint density at radius 2 is 2.10 bits per heavy atom. The predicted molar refractivity (Wildman–Crippen MR) is 76.9 cm³/mol. The second-order valence-corrected chi connectivity index (χ2v) is 5.50. The molecule has 0 radical (unpaired) electrons. The molecule has 1 aliphatic carbocycles. The summed E-state index contributed by atoms with van der Waals surface area (Å²) >= 11 is 5.84. The second kappa shape index (κ2) is 6.72. The fourth-order valence-electron chi connectivity index (χ4n) is 2.01. The number of anilines is 1. The molecule has 0 unspecified atom stereocenters. The molecule has 1 saturated carbocycles. The van der Waals surface area contributed by atoms with E-state index < -0.39 is 5.97 Å². The lowest BCUT2D eigenvalue weighted by Crippen LogP contribution is -2.38. The minimum Gasteiger partial charge on any atom is -0.480 e. The Hall–Kier alpha value is -1.59. The van der Waals surface area contributed by atoms with Crippen molar-refractivity contribution in [1.29, 1.82) is 0 Å². The number of carbonyl (C=O) groups excluding carboxylic acids is 1. The van der Waals surface area contributed by atoms with E-state index in [2.05, 4.69) is 5.32 Å². The van der Waals surface area contributed by atoms with Crippen molar-refractivity contribution in [2.45, 2.75) is 12.8 Å². The fraction of sp³-hybridized carbons (Fsp3) is 0.429. The number of halogens is 1. The molecule has 108 valence electrons. The highest BCUT2D eigenvalue weighted by atomic mass is 35.5. The third-order valence-electron chi connectivity index (χ3n) is 3.05. The fourth-order valence-corrected chi connectivity index (χ4v) is 2.20. The number of carbonyl (C=O) groups is 2. The molecule has 2 rings (SSSR count). The minimum atomic E-state index is -0.916. The molecule has 0 spiro atoms. The van der Waals surface area contributed by atoms with Crippen molar-refractivity contribution in [2.75, 3.05) is 25.0 Å². The summed E-state index contributed by atoms with van der Waals surface area (Å²) in [6, 6.07) is 6.87. The number of carboxylic acid groups (broad SMARTS) is 1. The van der Waals surface area contributed by atoms with Crippen LogP contribution >= 0.6 is 11.6 Å². The third-order valence-corrected chi connectivity index (χ3v) is 3.28. The van der Waals surface area contributed by atoms with E-state index in [9.17, 15) is 9.59 Å². The van der Waals surface area contributed by atoms with Crippen LogP contribution in [0.25, 0.3) is 0 Å². The maximum absolute atomic E-state index is 11.9. The molecule has 0 saturated heterocycles. The first-order valence-corrected chi connectivity index (χ1v) is 6.90. The summed E-state index contributed by atoms with van der Waals surface area (Å²) in [7, 11) is 0. The van der Waals surface area contributed by atoms with Gasteiger partial charge in [0.2, 0.25) is 5.91 Å². The number of carboxylic acids is 1. The first-order valence-electron chi connectivity index (χ1n) is 6.52. The number of amides is 1. The van der Waals surface area contributed by atoms with Crippen molar-refractivity contribution in [3.63, 3.8) is 0 Å². The van der Waals surface area contributed by atoms with Gasteiger partial charge >= 0.3 is 5.97 Å². The van der Waals surface area contributed by atoms with Gasteiger partial charge in [-0.3, -0.25) is 14.5 Å². The molecule has 1 fully saturated rings. The standard InChI is InChI=1S/C14H17ClN2O3/c15-11-2-1-3-12(6-11)16-13(18)8-17(9-14(19)20)7-10-4-5-10/h1-3,6,10H,4-5,7-9H2,(H,16,18)(H,19,20). The first-order chi connectivity index (χ1) is 9.52. The maximum atomic E-state index is 11.9. The van der Waals surface area contributed by atoms with Crippen LogP contribution in [-0.2, 0) is 9.59 Å². The highest BCUT2D eigenvalue weighted by molar-refractivity contribution is 6.30. The number of nitrogens with zero attached hydrogens (tertiary/aromatic N) is 1. The minimum absolute atomic E-state index is 0.0787. The van der Waals surface area contributed by atoms with E-state index in [4.69, 9.17) is 16.7 Å². The normalized spacial score (nSPS) is 14.3. The van der Waals surface area contributed by atoms with Crippen LogP contribution in [0.5, 0.6) is 0 Å².